The Morgan fingerprint density at radius 1 is 1.07 bits per heavy atom. The maximum absolute atomic E-state index is 10.8. The van der Waals surface area contributed by atoms with Gasteiger partial charge < -0.3 is 15.0 Å². The average Bonchev–Trinajstić information content (AvgIpc) is 3.12. The second-order valence-electron chi connectivity index (χ2n) is 8.27. The molecule has 0 aliphatic carbocycles. The zero-order valence-electron chi connectivity index (χ0n) is 16.9. The molecule has 6 heteroatoms. The van der Waals surface area contributed by atoms with Crippen molar-refractivity contribution in [2.24, 2.45) is 0 Å². The summed E-state index contributed by atoms with van der Waals surface area (Å²) in [6, 6.07) is 11.0. The number of benzene rings is 1. The van der Waals surface area contributed by atoms with Crippen LogP contribution in [0.3, 0.4) is 0 Å². The van der Waals surface area contributed by atoms with Crippen LogP contribution in [0.1, 0.15) is 23.5 Å². The molecule has 4 rings (SSSR count). The molecule has 2 aliphatic heterocycles. The SMILES string of the molecule is Cc1ncc(CN2CC[C@@H](N3CCN(CCc4ccccc4)CC3)[C@H](O)C2)[nH]1. The van der Waals surface area contributed by atoms with Gasteiger partial charge in [-0.1, -0.05) is 30.3 Å². The number of piperazine rings is 1. The molecule has 1 aromatic carbocycles. The fraction of sp³-hybridized carbons (Fsp3) is 0.591. The summed E-state index contributed by atoms with van der Waals surface area (Å²) in [6.45, 7) is 10.1. The monoisotopic (exact) mass is 383 g/mol. The molecule has 2 aromatic rings. The molecule has 0 spiro atoms. The number of nitrogens with one attached hydrogen (secondary N) is 1. The van der Waals surface area contributed by atoms with E-state index in [0.717, 1.165) is 76.7 Å². The average molecular weight is 384 g/mol. The van der Waals surface area contributed by atoms with E-state index in [2.05, 4.69) is 55.0 Å². The molecule has 0 saturated carbocycles. The lowest BCUT2D eigenvalue weighted by Crippen LogP contribution is -2.58. The Balaban J connectivity index is 1.20. The molecule has 2 atom stereocenters. The standard InChI is InChI=1S/C22H33N5O/c1-18-23-15-20(24-18)16-26-10-8-21(22(28)17-26)27-13-11-25(12-14-27)9-7-19-5-3-2-4-6-19/h2-6,15,21-22,28H,7-14,16-17H2,1H3,(H,23,24)/t21-,22-/m1/s1. The van der Waals surface area contributed by atoms with Gasteiger partial charge in [0.25, 0.3) is 0 Å². The third-order valence-electron chi connectivity index (χ3n) is 6.22. The fourth-order valence-corrected chi connectivity index (χ4v) is 4.60. The number of aromatic amines is 1. The molecule has 2 N–H and O–H groups in total. The molecule has 2 aliphatic rings. The first-order chi connectivity index (χ1) is 13.7. The number of imidazole rings is 1. The summed E-state index contributed by atoms with van der Waals surface area (Å²) >= 11 is 0. The summed E-state index contributed by atoms with van der Waals surface area (Å²) in [5.41, 5.74) is 2.55. The van der Waals surface area contributed by atoms with Crippen molar-refractivity contribution in [1.82, 2.24) is 24.7 Å². The molecule has 152 valence electrons. The Morgan fingerprint density at radius 3 is 2.54 bits per heavy atom. The van der Waals surface area contributed by atoms with Crippen molar-refractivity contribution in [3.05, 3.63) is 53.6 Å². The van der Waals surface area contributed by atoms with E-state index in [0.29, 0.717) is 6.04 Å². The number of aryl methyl sites for hydroxylation is 1. The first-order valence-corrected chi connectivity index (χ1v) is 10.6. The van der Waals surface area contributed by atoms with Crippen molar-refractivity contribution in [3.8, 4) is 0 Å². The van der Waals surface area contributed by atoms with E-state index in [-0.39, 0.29) is 6.10 Å². The second kappa shape index (κ2) is 9.18. The molecule has 3 heterocycles. The van der Waals surface area contributed by atoms with Gasteiger partial charge in [0.15, 0.2) is 0 Å². The van der Waals surface area contributed by atoms with Gasteiger partial charge in [0.2, 0.25) is 0 Å². The number of H-pyrrole nitrogens is 1. The number of likely N-dealkylation sites (tertiary alicyclic amines) is 1. The van der Waals surface area contributed by atoms with Crippen LogP contribution in [-0.4, -0.2) is 87.7 Å². The zero-order valence-corrected chi connectivity index (χ0v) is 16.9. The minimum Gasteiger partial charge on any atom is -0.390 e. The number of piperidine rings is 1. The summed E-state index contributed by atoms with van der Waals surface area (Å²) < 4.78 is 0. The van der Waals surface area contributed by atoms with E-state index in [1.807, 2.05) is 13.1 Å². The lowest BCUT2D eigenvalue weighted by atomic mass is 9.99. The molecule has 0 unspecified atom stereocenters. The smallest absolute Gasteiger partial charge is 0.103 e. The quantitative estimate of drug-likeness (QED) is 0.792. The molecule has 6 nitrogen and oxygen atoms in total. The molecule has 0 bridgehead atoms. The van der Waals surface area contributed by atoms with Crippen LogP contribution in [0.15, 0.2) is 36.5 Å². The van der Waals surface area contributed by atoms with Gasteiger partial charge in [-0.15, -0.1) is 0 Å². The van der Waals surface area contributed by atoms with Crippen LogP contribution in [-0.2, 0) is 13.0 Å². The van der Waals surface area contributed by atoms with Crippen molar-refractivity contribution in [2.75, 3.05) is 45.8 Å². The fourth-order valence-electron chi connectivity index (χ4n) is 4.60. The minimum absolute atomic E-state index is 0.270. The lowest BCUT2D eigenvalue weighted by Gasteiger charge is -2.45. The Labute approximate surface area is 168 Å². The zero-order chi connectivity index (χ0) is 19.3. The Hall–Kier alpha value is -1.73. The van der Waals surface area contributed by atoms with Crippen molar-refractivity contribution in [2.45, 2.75) is 38.5 Å². The summed E-state index contributed by atoms with van der Waals surface area (Å²) in [5.74, 6) is 0.954. The highest BCUT2D eigenvalue weighted by atomic mass is 16.3. The van der Waals surface area contributed by atoms with E-state index in [4.69, 9.17) is 0 Å². The van der Waals surface area contributed by atoms with Crippen LogP contribution in [0.5, 0.6) is 0 Å². The van der Waals surface area contributed by atoms with Gasteiger partial charge in [0.05, 0.1) is 6.10 Å². The predicted molar refractivity (Wildman–Crippen MR) is 111 cm³/mol. The second-order valence-corrected chi connectivity index (χ2v) is 8.27. The van der Waals surface area contributed by atoms with Crippen LogP contribution >= 0.6 is 0 Å². The minimum atomic E-state index is -0.270. The van der Waals surface area contributed by atoms with Gasteiger partial charge in [-0.3, -0.25) is 9.80 Å². The first-order valence-electron chi connectivity index (χ1n) is 10.6. The number of β-amino-alcohol motifs (C(OH)–C–C–N with tert-alkyl or cyclic N) is 1. The summed E-state index contributed by atoms with van der Waals surface area (Å²) in [7, 11) is 0. The van der Waals surface area contributed by atoms with Crippen LogP contribution in [0.2, 0.25) is 0 Å². The van der Waals surface area contributed by atoms with Crippen LogP contribution in [0, 0.1) is 6.92 Å². The van der Waals surface area contributed by atoms with Crippen molar-refractivity contribution >= 4 is 0 Å². The van der Waals surface area contributed by atoms with Gasteiger partial charge in [-0.05, 0) is 25.3 Å². The maximum atomic E-state index is 10.8. The van der Waals surface area contributed by atoms with Gasteiger partial charge in [-0.25, -0.2) is 4.98 Å². The molecule has 1 aromatic heterocycles. The molecule has 2 saturated heterocycles. The highest BCUT2D eigenvalue weighted by Gasteiger charge is 2.33. The topological polar surface area (TPSA) is 58.6 Å². The van der Waals surface area contributed by atoms with E-state index in [1.54, 1.807) is 0 Å². The number of nitrogens with zero attached hydrogens (tertiary/aromatic N) is 4. The number of hydrogen-bond acceptors (Lipinski definition) is 5. The van der Waals surface area contributed by atoms with Gasteiger partial charge in [-0.2, -0.15) is 0 Å². The van der Waals surface area contributed by atoms with Crippen molar-refractivity contribution in [3.63, 3.8) is 0 Å². The van der Waals surface area contributed by atoms with Gasteiger partial charge in [0.1, 0.15) is 5.82 Å². The Bertz CT molecular complexity index is 726. The van der Waals surface area contributed by atoms with Gasteiger partial charge >= 0.3 is 0 Å². The van der Waals surface area contributed by atoms with Gasteiger partial charge in [0, 0.05) is 70.3 Å². The molecule has 0 amide bonds. The highest BCUT2D eigenvalue weighted by Crippen LogP contribution is 2.20. The number of rotatable bonds is 6. The molecule has 0 radical (unpaired) electrons. The summed E-state index contributed by atoms with van der Waals surface area (Å²) in [4.78, 5) is 15.0. The summed E-state index contributed by atoms with van der Waals surface area (Å²) in [5, 5.41) is 10.8. The van der Waals surface area contributed by atoms with E-state index < -0.39 is 0 Å². The third kappa shape index (κ3) is 5.00. The largest absolute Gasteiger partial charge is 0.390 e. The number of aliphatic hydroxyl groups is 1. The number of aliphatic hydroxyl groups excluding tert-OH is 1. The molecular weight excluding hydrogens is 350 g/mol. The van der Waals surface area contributed by atoms with Crippen molar-refractivity contribution < 1.29 is 5.11 Å². The van der Waals surface area contributed by atoms with Crippen LogP contribution < -0.4 is 0 Å². The van der Waals surface area contributed by atoms with E-state index in [9.17, 15) is 5.11 Å². The van der Waals surface area contributed by atoms with Crippen LogP contribution in [0.25, 0.3) is 0 Å². The van der Waals surface area contributed by atoms with E-state index >= 15 is 0 Å². The third-order valence-corrected chi connectivity index (χ3v) is 6.22. The Morgan fingerprint density at radius 2 is 1.86 bits per heavy atom. The van der Waals surface area contributed by atoms with Crippen LogP contribution in [0.4, 0.5) is 0 Å². The highest BCUT2D eigenvalue weighted by molar-refractivity contribution is 5.14. The Kier molecular flexibility index (Phi) is 6.42. The first kappa shape index (κ1) is 19.6. The number of hydrogen-bond donors (Lipinski definition) is 2. The molecular formula is C22H33N5O. The normalized spacial score (nSPS) is 25.2. The molecule has 2 fully saturated rings. The van der Waals surface area contributed by atoms with Crippen molar-refractivity contribution in [1.29, 1.82) is 0 Å². The predicted octanol–water partition coefficient (Wildman–Crippen LogP) is 1.51. The molecule has 28 heavy (non-hydrogen) atoms. The summed E-state index contributed by atoms with van der Waals surface area (Å²) in [6.07, 6.45) is 3.80. The maximum Gasteiger partial charge on any atom is 0.103 e. The number of aromatic nitrogens is 2. The lowest BCUT2D eigenvalue weighted by molar-refractivity contribution is -0.0310. The van der Waals surface area contributed by atoms with E-state index in [1.165, 1.54) is 5.56 Å².